The summed E-state index contributed by atoms with van der Waals surface area (Å²) >= 11 is 0. The molecule has 70 valence electrons. The topological polar surface area (TPSA) is 61.6 Å². The van der Waals surface area contributed by atoms with Gasteiger partial charge in [-0.25, -0.2) is 0 Å². The van der Waals surface area contributed by atoms with Gasteiger partial charge in [-0.1, -0.05) is 6.07 Å². The standard InChI is InChI=1S/C8H9NO4/c1-6-3-4-7(13-9(10)11)8(5-6)12-2/h3-5H,1-2H3. The number of ether oxygens (including phenoxy) is 1. The van der Waals surface area contributed by atoms with Crippen molar-refractivity contribution < 1.29 is 14.7 Å². The van der Waals surface area contributed by atoms with Crippen LogP contribution in [-0.4, -0.2) is 12.2 Å². The molecule has 0 saturated heterocycles. The van der Waals surface area contributed by atoms with E-state index in [1.165, 1.54) is 13.2 Å². The molecule has 0 N–H and O–H groups in total. The van der Waals surface area contributed by atoms with Crippen molar-refractivity contribution in [2.45, 2.75) is 6.92 Å². The van der Waals surface area contributed by atoms with Crippen molar-refractivity contribution in [3.05, 3.63) is 33.9 Å². The van der Waals surface area contributed by atoms with E-state index in [0.717, 1.165) is 5.56 Å². The van der Waals surface area contributed by atoms with Crippen LogP contribution in [0.4, 0.5) is 0 Å². The molecule has 5 nitrogen and oxygen atoms in total. The van der Waals surface area contributed by atoms with Crippen LogP contribution in [0.25, 0.3) is 0 Å². The van der Waals surface area contributed by atoms with Gasteiger partial charge in [0, 0.05) is 0 Å². The highest BCUT2D eigenvalue weighted by molar-refractivity contribution is 5.42. The average Bonchev–Trinajstić information content (AvgIpc) is 2.07. The summed E-state index contributed by atoms with van der Waals surface area (Å²) in [5, 5.41) is 9.18. The SMILES string of the molecule is COc1cc(C)ccc1O[N+](=O)[O-]. The first-order chi connectivity index (χ1) is 6.13. The second kappa shape index (κ2) is 3.75. The van der Waals surface area contributed by atoms with Crippen molar-refractivity contribution in [3.8, 4) is 11.5 Å². The Labute approximate surface area is 75.0 Å². The van der Waals surface area contributed by atoms with E-state index in [1.54, 1.807) is 12.1 Å². The molecule has 5 heteroatoms. The lowest BCUT2D eigenvalue weighted by atomic mass is 10.2. The van der Waals surface area contributed by atoms with Gasteiger partial charge in [0.25, 0.3) is 5.09 Å². The lowest BCUT2D eigenvalue weighted by Gasteiger charge is -2.06. The molecule has 0 atom stereocenters. The Bertz CT molecular complexity index is 324. The minimum atomic E-state index is -0.868. The van der Waals surface area contributed by atoms with Crippen LogP contribution in [-0.2, 0) is 0 Å². The lowest BCUT2D eigenvalue weighted by Crippen LogP contribution is -2.04. The number of aryl methyl sites for hydroxylation is 1. The lowest BCUT2D eigenvalue weighted by molar-refractivity contribution is -0.711. The molecule has 0 aliphatic heterocycles. The molecule has 1 aromatic rings. The Kier molecular flexibility index (Phi) is 2.69. The van der Waals surface area contributed by atoms with E-state index >= 15 is 0 Å². The number of rotatable bonds is 3. The predicted octanol–water partition coefficient (Wildman–Crippen LogP) is 1.57. The minimum absolute atomic E-state index is 0.109. The van der Waals surface area contributed by atoms with Gasteiger partial charge in [0.2, 0.25) is 0 Å². The molecule has 0 aliphatic carbocycles. The van der Waals surface area contributed by atoms with Crippen molar-refractivity contribution in [3.63, 3.8) is 0 Å². The summed E-state index contributed by atoms with van der Waals surface area (Å²) in [7, 11) is 1.43. The Morgan fingerprint density at radius 3 is 2.62 bits per heavy atom. The zero-order valence-corrected chi connectivity index (χ0v) is 7.31. The van der Waals surface area contributed by atoms with Gasteiger partial charge in [-0.2, -0.15) is 0 Å². The zero-order chi connectivity index (χ0) is 9.84. The summed E-state index contributed by atoms with van der Waals surface area (Å²) in [5.74, 6) is 0.467. The van der Waals surface area contributed by atoms with Crippen LogP contribution in [0.1, 0.15) is 5.56 Å². The second-order valence-corrected chi connectivity index (χ2v) is 2.47. The van der Waals surface area contributed by atoms with E-state index < -0.39 is 5.09 Å². The van der Waals surface area contributed by atoms with Gasteiger partial charge < -0.3 is 4.74 Å². The quantitative estimate of drug-likeness (QED) is 0.527. The van der Waals surface area contributed by atoms with Crippen molar-refractivity contribution in [2.75, 3.05) is 7.11 Å². The van der Waals surface area contributed by atoms with Crippen molar-refractivity contribution in [1.82, 2.24) is 0 Å². The first-order valence-corrected chi connectivity index (χ1v) is 3.60. The van der Waals surface area contributed by atoms with Gasteiger partial charge in [-0.3, -0.25) is 4.84 Å². The van der Waals surface area contributed by atoms with Crippen LogP contribution in [0, 0.1) is 17.0 Å². The fourth-order valence-electron chi connectivity index (χ4n) is 0.931. The second-order valence-electron chi connectivity index (χ2n) is 2.47. The molecule has 13 heavy (non-hydrogen) atoms. The molecular formula is C8H9NO4. The summed E-state index contributed by atoms with van der Waals surface area (Å²) in [5.41, 5.74) is 0.951. The first-order valence-electron chi connectivity index (χ1n) is 3.60. The third kappa shape index (κ3) is 2.33. The Morgan fingerprint density at radius 1 is 1.38 bits per heavy atom. The summed E-state index contributed by atoms with van der Waals surface area (Å²) in [6.45, 7) is 1.86. The van der Waals surface area contributed by atoms with Gasteiger partial charge in [0.15, 0.2) is 5.75 Å². The molecule has 1 aromatic carbocycles. The molecule has 0 heterocycles. The van der Waals surface area contributed by atoms with Crippen LogP contribution in [0.2, 0.25) is 0 Å². The predicted molar refractivity (Wildman–Crippen MR) is 45.4 cm³/mol. The maximum Gasteiger partial charge on any atom is 0.299 e. The van der Waals surface area contributed by atoms with Crippen LogP contribution in [0.5, 0.6) is 11.5 Å². The average molecular weight is 183 g/mol. The van der Waals surface area contributed by atoms with Crippen molar-refractivity contribution in [2.24, 2.45) is 0 Å². The van der Waals surface area contributed by atoms with Crippen LogP contribution in [0.3, 0.4) is 0 Å². The highest BCUT2D eigenvalue weighted by Crippen LogP contribution is 2.27. The third-order valence-corrected chi connectivity index (χ3v) is 1.49. The maximum atomic E-state index is 10.0. The Morgan fingerprint density at radius 2 is 2.08 bits per heavy atom. The number of methoxy groups -OCH3 is 1. The highest BCUT2D eigenvalue weighted by atomic mass is 17.0. The van der Waals surface area contributed by atoms with E-state index in [9.17, 15) is 10.1 Å². The third-order valence-electron chi connectivity index (χ3n) is 1.49. The number of hydrogen-bond acceptors (Lipinski definition) is 4. The van der Waals surface area contributed by atoms with Gasteiger partial charge in [0.1, 0.15) is 5.75 Å². The summed E-state index contributed by atoms with van der Waals surface area (Å²) in [6, 6.07) is 4.87. The molecule has 0 aromatic heterocycles. The first kappa shape index (κ1) is 9.31. The molecule has 0 bridgehead atoms. The molecule has 0 unspecified atom stereocenters. The Hall–Kier alpha value is -1.78. The Balaban J connectivity index is 2.99. The molecule has 0 fully saturated rings. The van der Waals surface area contributed by atoms with Gasteiger partial charge in [0.05, 0.1) is 7.11 Å². The molecule has 0 spiro atoms. The van der Waals surface area contributed by atoms with E-state index in [0.29, 0.717) is 5.75 Å². The van der Waals surface area contributed by atoms with Crippen LogP contribution < -0.4 is 9.57 Å². The molecule has 0 aliphatic rings. The van der Waals surface area contributed by atoms with E-state index in [-0.39, 0.29) is 5.75 Å². The van der Waals surface area contributed by atoms with Crippen molar-refractivity contribution in [1.29, 1.82) is 0 Å². The minimum Gasteiger partial charge on any atom is -0.494 e. The summed E-state index contributed by atoms with van der Waals surface area (Å²) < 4.78 is 4.90. The highest BCUT2D eigenvalue weighted by Gasteiger charge is 2.06. The molecule has 1 rings (SSSR count). The van der Waals surface area contributed by atoms with Crippen LogP contribution >= 0.6 is 0 Å². The fourth-order valence-corrected chi connectivity index (χ4v) is 0.931. The zero-order valence-electron chi connectivity index (χ0n) is 7.31. The molecule has 0 radical (unpaired) electrons. The summed E-state index contributed by atoms with van der Waals surface area (Å²) in [4.78, 5) is 14.3. The molecular weight excluding hydrogens is 174 g/mol. The monoisotopic (exact) mass is 183 g/mol. The van der Waals surface area contributed by atoms with Crippen LogP contribution in [0.15, 0.2) is 18.2 Å². The van der Waals surface area contributed by atoms with E-state index in [1.807, 2.05) is 6.92 Å². The number of hydrogen-bond donors (Lipinski definition) is 0. The van der Waals surface area contributed by atoms with Crippen molar-refractivity contribution >= 4 is 0 Å². The number of nitrogens with zero attached hydrogens (tertiary/aromatic N) is 1. The molecule has 0 saturated carbocycles. The number of benzene rings is 1. The smallest absolute Gasteiger partial charge is 0.299 e. The summed E-state index contributed by atoms with van der Waals surface area (Å²) in [6.07, 6.45) is 0. The largest absolute Gasteiger partial charge is 0.494 e. The van der Waals surface area contributed by atoms with Gasteiger partial charge in [-0.15, -0.1) is 10.1 Å². The van der Waals surface area contributed by atoms with Gasteiger partial charge in [-0.05, 0) is 24.6 Å². The normalized spacial score (nSPS) is 9.38. The fraction of sp³-hybridized carbons (Fsp3) is 0.250. The van der Waals surface area contributed by atoms with Gasteiger partial charge >= 0.3 is 0 Å². The van der Waals surface area contributed by atoms with E-state index in [4.69, 9.17) is 4.74 Å². The molecule has 0 amide bonds. The van der Waals surface area contributed by atoms with E-state index in [2.05, 4.69) is 4.84 Å². The maximum absolute atomic E-state index is 10.0.